The molecular weight excluding hydrogens is 196 g/mol. The lowest BCUT2D eigenvalue weighted by atomic mass is 9.98. The van der Waals surface area contributed by atoms with E-state index in [0.717, 1.165) is 25.7 Å². The average molecular weight is 207 g/mol. The lowest BCUT2D eigenvalue weighted by Crippen LogP contribution is -2.20. The van der Waals surface area contributed by atoms with Crippen molar-refractivity contribution < 1.29 is 9.53 Å². The molecule has 3 heteroatoms. The Labute approximate surface area is 69.1 Å². The van der Waals surface area contributed by atoms with Crippen LogP contribution in [0, 0.1) is 0 Å². The first kappa shape index (κ1) is 8.05. The molecule has 0 saturated heterocycles. The summed E-state index contributed by atoms with van der Waals surface area (Å²) in [6, 6.07) is 0. The molecule has 0 atom stereocenters. The van der Waals surface area contributed by atoms with Crippen LogP contribution in [0.1, 0.15) is 25.7 Å². The quantitative estimate of drug-likeness (QED) is 0.510. The van der Waals surface area contributed by atoms with E-state index in [1.54, 1.807) is 0 Å². The first-order valence-electron chi connectivity index (χ1n) is 3.56. The van der Waals surface area contributed by atoms with E-state index < -0.39 is 0 Å². The number of ether oxygens (including phenoxy) is 1. The Kier molecular flexibility index (Phi) is 3.19. The van der Waals surface area contributed by atoms with Crippen LogP contribution in [0.4, 0.5) is 0 Å². The van der Waals surface area contributed by atoms with Gasteiger partial charge in [-0.25, -0.2) is 0 Å². The Hall–Kier alpha value is -0.0500. The monoisotopic (exact) mass is 206 g/mol. The fourth-order valence-corrected chi connectivity index (χ4v) is 1.77. The molecule has 0 amide bonds. The predicted octanol–water partition coefficient (Wildman–Crippen LogP) is 1.87. The highest BCUT2D eigenvalue weighted by Crippen LogP contribution is 2.25. The van der Waals surface area contributed by atoms with Gasteiger partial charge in [-0.1, -0.05) is 15.9 Å². The zero-order valence-corrected chi connectivity index (χ0v) is 7.34. The van der Waals surface area contributed by atoms with Gasteiger partial charge >= 0.3 is 0 Å². The summed E-state index contributed by atoms with van der Waals surface area (Å²) in [6.07, 6.45) is 4.45. The molecule has 0 aromatic carbocycles. The number of hydrogen-bond acceptors (Lipinski definition) is 2. The summed E-state index contributed by atoms with van der Waals surface area (Å²) in [5, 5.41) is 0. The Bertz CT molecular complexity index is 108. The minimum absolute atomic E-state index is 0.186. The van der Waals surface area contributed by atoms with E-state index in [2.05, 4.69) is 15.9 Å². The lowest BCUT2D eigenvalue weighted by Gasteiger charge is -2.23. The molecule has 0 radical (unpaired) electrons. The smallest absolute Gasteiger partial charge is 0.293 e. The molecule has 1 aliphatic rings. The maximum Gasteiger partial charge on any atom is 0.293 e. The molecule has 0 N–H and O–H groups in total. The summed E-state index contributed by atoms with van der Waals surface area (Å²) in [7, 11) is 0. The zero-order chi connectivity index (χ0) is 7.40. The molecule has 10 heavy (non-hydrogen) atoms. The van der Waals surface area contributed by atoms with Crippen LogP contribution in [0.5, 0.6) is 0 Å². The minimum atomic E-state index is 0.186. The largest absolute Gasteiger partial charge is 0.465 e. The number of carbonyl (C=O) groups excluding carboxylic acids is 1. The predicted molar refractivity (Wildman–Crippen MR) is 42.1 cm³/mol. The van der Waals surface area contributed by atoms with Crippen LogP contribution < -0.4 is 0 Å². The molecule has 1 saturated carbocycles. The second kappa shape index (κ2) is 3.96. The molecule has 0 aliphatic heterocycles. The average Bonchev–Trinajstić information content (AvgIpc) is 1.95. The van der Waals surface area contributed by atoms with E-state index in [-0.39, 0.29) is 6.10 Å². The van der Waals surface area contributed by atoms with Gasteiger partial charge in [0.2, 0.25) is 0 Å². The fraction of sp³-hybridized carbons (Fsp3) is 0.857. The normalized spacial score (nSPS) is 33.3. The van der Waals surface area contributed by atoms with Gasteiger partial charge in [0.1, 0.15) is 6.10 Å². The van der Waals surface area contributed by atoms with E-state index in [1.807, 2.05) is 0 Å². The summed E-state index contributed by atoms with van der Waals surface area (Å²) in [5.74, 6) is 0. The molecule has 58 valence electrons. The topological polar surface area (TPSA) is 26.3 Å². The molecular formula is C7H11BrO2. The third-order valence-electron chi connectivity index (χ3n) is 1.85. The van der Waals surface area contributed by atoms with E-state index in [9.17, 15) is 4.79 Å². The van der Waals surface area contributed by atoms with Crippen LogP contribution in [-0.2, 0) is 9.53 Å². The standard InChI is InChI=1S/C7H11BrO2/c8-6-1-3-7(4-2-6)10-5-9/h5-7H,1-4H2. The van der Waals surface area contributed by atoms with Crippen LogP contribution in [0.2, 0.25) is 0 Å². The first-order chi connectivity index (χ1) is 4.83. The van der Waals surface area contributed by atoms with Crippen LogP contribution in [0.3, 0.4) is 0 Å². The second-order valence-electron chi connectivity index (χ2n) is 2.61. The third-order valence-corrected chi connectivity index (χ3v) is 2.77. The lowest BCUT2D eigenvalue weighted by molar-refractivity contribution is -0.134. The number of hydrogen-bond donors (Lipinski definition) is 0. The second-order valence-corrected chi connectivity index (χ2v) is 3.90. The van der Waals surface area contributed by atoms with Crippen molar-refractivity contribution >= 4 is 22.4 Å². The van der Waals surface area contributed by atoms with Gasteiger partial charge in [0.05, 0.1) is 0 Å². The van der Waals surface area contributed by atoms with Crippen LogP contribution in [0.25, 0.3) is 0 Å². The number of halogens is 1. The maximum absolute atomic E-state index is 9.92. The van der Waals surface area contributed by atoms with Crippen molar-refractivity contribution in [1.82, 2.24) is 0 Å². The highest BCUT2D eigenvalue weighted by atomic mass is 79.9. The molecule has 0 aromatic rings. The van der Waals surface area contributed by atoms with Gasteiger partial charge in [-0.05, 0) is 25.7 Å². The highest BCUT2D eigenvalue weighted by molar-refractivity contribution is 9.09. The Morgan fingerprint density at radius 2 is 1.90 bits per heavy atom. The van der Waals surface area contributed by atoms with Gasteiger partial charge in [0.25, 0.3) is 6.47 Å². The molecule has 0 bridgehead atoms. The molecule has 1 aliphatic carbocycles. The third kappa shape index (κ3) is 2.29. The van der Waals surface area contributed by atoms with E-state index in [1.165, 1.54) is 0 Å². The first-order valence-corrected chi connectivity index (χ1v) is 4.47. The molecule has 0 spiro atoms. The zero-order valence-electron chi connectivity index (χ0n) is 5.75. The van der Waals surface area contributed by atoms with Crippen LogP contribution in [0.15, 0.2) is 0 Å². The van der Waals surface area contributed by atoms with Gasteiger partial charge in [-0.15, -0.1) is 0 Å². The maximum atomic E-state index is 9.92. The number of alkyl halides is 1. The number of rotatable bonds is 2. The van der Waals surface area contributed by atoms with Crippen molar-refractivity contribution in [2.45, 2.75) is 36.6 Å². The Morgan fingerprint density at radius 1 is 1.30 bits per heavy atom. The van der Waals surface area contributed by atoms with Crippen molar-refractivity contribution in [3.63, 3.8) is 0 Å². The Morgan fingerprint density at radius 3 is 2.40 bits per heavy atom. The molecule has 0 aromatic heterocycles. The SMILES string of the molecule is O=COC1CCC(Br)CC1. The van der Waals surface area contributed by atoms with Crippen molar-refractivity contribution in [3.8, 4) is 0 Å². The molecule has 1 fully saturated rings. The van der Waals surface area contributed by atoms with Crippen molar-refractivity contribution in [2.75, 3.05) is 0 Å². The van der Waals surface area contributed by atoms with Gasteiger partial charge in [0, 0.05) is 4.83 Å². The van der Waals surface area contributed by atoms with Gasteiger partial charge in [-0.3, -0.25) is 4.79 Å². The van der Waals surface area contributed by atoms with Crippen LogP contribution in [-0.4, -0.2) is 17.4 Å². The summed E-state index contributed by atoms with van der Waals surface area (Å²) < 4.78 is 4.83. The fourth-order valence-electron chi connectivity index (χ4n) is 1.24. The molecule has 1 rings (SSSR count). The summed E-state index contributed by atoms with van der Waals surface area (Å²) >= 11 is 3.52. The van der Waals surface area contributed by atoms with Gasteiger partial charge < -0.3 is 4.74 Å². The summed E-state index contributed by atoms with van der Waals surface area (Å²) in [4.78, 5) is 10.6. The van der Waals surface area contributed by atoms with Gasteiger partial charge in [-0.2, -0.15) is 0 Å². The molecule has 2 nitrogen and oxygen atoms in total. The number of carbonyl (C=O) groups is 1. The van der Waals surface area contributed by atoms with Crippen LogP contribution >= 0.6 is 15.9 Å². The molecule has 0 heterocycles. The van der Waals surface area contributed by atoms with E-state index >= 15 is 0 Å². The minimum Gasteiger partial charge on any atom is -0.465 e. The summed E-state index contributed by atoms with van der Waals surface area (Å²) in [6.45, 7) is 0.555. The van der Waals surface area contributed by atoms with E-state index in [0.29, 0.717) is 11.3 Å². The molecule has 0 unspecified atom stereocenters. The summed E-state index contributed by atoms with van der Waals surface area (Å²) in [5.41, 5.74) is 0. The van der Waals surface area contributed by atoms with Crippen molar-refractivity contribution in [1.29, 1.82) is 0 Å². The highest BCUT2D eigenvalue weighted by Gasteiger charge is 2.19. The Balaban J connectivity index is 2.19. The van der Waals surface area contributed by atoms with Crippen molar-refractivity contribution in [2.24, 2.45) is 0 Å². The van der Waals surface area contributed by atoms with Gasteiger partial charge in [0.15, 0.2) is 0 Å². The van der Waals surface area contributed by atoms with Crippen molar-refractivity contribution in [3.05, 3.63) is 0 Å². The van der Waals surface area contributed by atoms with E-state index in [4.69, 9.17) is 4.74 Å².